The standard InChI is InChI=1S/C15H21NO5/c1-19-14(17)11-8-12(15(18)20-2)10-13(9-11)21-7-5-3-4-6-16/h8-10H,3-7,16H2,1-2H3. The van der Waals surface area contributed by atoms with E-state index in [0.717, 1.165) is 19.3 Å². The number of unbranched alkanes of at least 4 members (excludes halogenated alkanes) is 2. The van der Waals surface area contributed by atoms with E-state index in [2.05, 4.69) is 9.47 Å². The van der Waals surface area contributed by atoms with Crippen LogP contribution in [0.15, 0.2) is 18.2 Å². The van der Waals surface area contributed by atoms with E-state index in [1.807, 2.05) is 0 Å². The summed E-state index contributed by atoms with van der Waals surface area (Å²) in [6.07, 6.45) is 2.77. The Bertz CT molecular complexity index is 453. The molecule has 0 amide bonds. The van der Waals surface area contributed by atoms with Crippen molar-refractivity contribution in [2.24, 2.45) is 5.73 Å². The summed E-state index contributed by atoms with van der Waals surface area (Å²) >= 11 is 0. The van der Waals surface area contributed by atoms with Gasteiger partial charge in [0.05, 0.1) is 32.0 Å². The molecule has 21 heavy (non-hydrogen) atoms. The van der Waals surface area contributed by atoms with Crippen LogP contribution in [0.5, 0.6) is 5.75 Å². The summed E-state index contributed by atoms with van der Waals surface area (Å²) in [6.45, 7) is 1.15. The van der Waals surface area contributed by atoms with Crippen LogP contribution in [-0.2, 0) is 9.47 Å². The quantitative estimate of drug-likeness (QED) is 0.581. The lowest BCUT2D eigenvalue weighted by Gasteiger charge is -2.09. The van der Waals surface area contributed by atoms with Crippen LogP contribution < -0.4 is 10.5 Å². The first-order valence-corrected chi connectivity index (χ1v) is 6.77. The van der Waals surface area contributed by atoms with Crippen molar-refractivity contribution < 1.29 is 23.8 Å². The largest absolute Gasteiger partial charge is 0.494 e. The number of esters is 2. The van der Waals surface area contributed by atoms with Crippen LogP contribution in [0, 0.1) is 0 Å². The molecule has 1 aromatic rings. The molecule has 116 valence electrons. The normalized spacial score (nSPS) is 10.0. The molecule has 0 radical (unpaired) electrons. The van der Waals surface area contributed by atoms with Gasteiger partial charge in [-0.1, -0.05) is 0 Å². The van der Waals surface area contributed by atoms with Crippen LogP contribution >= 0.6 is 0 Å². The Hall–Kier alpha value is -2.08. The van der Waals surface area contributed by atoms with Crippen LogP contribution in [0.4, 0.5) is 0 Å². The summed E-state index contributed by atoms with van der Waals surface area (Å²) in [5.41, 5.74) is 5.91. The van der Waals surface area contributed by atoms with Crippen LogP contribution in [0.2, 0.25) is 0 Å². The number of methoxy groups -OCH3 is 2. The predicted molar refractivity (Wildman–Crippen MR) is 77.5 cm³/mol. The molecule has 0 fully saturated rings. The Balaban J connectivity index is 2.81. The van der Waals surface area contributed by atoms with Gasteiger partial charge in [-0.2, -0.15) is 0 Å². The highest BCUT2D eigenvalue weighted by atomic mass is 16.5. The second-order valence-electron chi connectivity index (χ2n) is 4.43. The Morgan fingerprint density at radius 1 is 0.952 bits per heavy atom. The zero-order valence-electron chi connectivity index (χ0n) is 12.4. The van der Waals surface area contributed by atoms with Crippen molar-refractivity contribution in [1.82, 2.24) is 0 Å². The SMILES string of the molecule is COC(=O)c1cc(OCCCCCN)cc(C(=O)OC)c1. The second kappa shape index (κ2) is 8.97. The number of benzene rings is 1. The van der Waals surface area contributed by atoms with Crippen molar-refractivity contribution in [2.45, 2.75) is 19.3 Å². The molecular weight excluding hydrogens is 274 g/mol. The molecule has 0 atom stereocenters. The molecule has 6 heteroatoms. The van der Waals surface area contributed by atoms with Gasteiger partial charge in [0, 0.05) is 0 Å². The minimum Gasteiger partial charge on any atom is -0.494 e. The van der Waals surface area contributed by atoms with Crippen molar-refractivity contribution in [2.75, 3.05) is 27.4 Å². The average Bonchev–Trinajstić information content (AvgIpc) is 2.52. The number of hydrogen-bond donors (Lipinski definition) is 1. The number of nitrogens with two attached hydrogens (primary N) is 1. The maximum absolute atomic E-state index is 11.6. The zero-order valence-corrected chi connectivity index (χ0v) is 12.4. The van der Waals surface area contributed by atoms with E-state index >= 15 is 0 Å². The lowest BCUT2D eigenvalue weighted by molar-refractivity contribution is 0.0598. The van der Waals surface area contributed by atoms with Gasteiger partial charge in [-0.3, -0.25) is 0 Å². The summed E-state index contributed by atoms with van der Waals surface area (Å²) in [6, 6.07) is 4.50. The van der Waals surface area contributed by atoms with E-state index in [4.69, 9.17) is 10.5 Å². The second-order valence-corrected chi connectivity index (χ2v) is 4.43. The van der Waals surface area contributed by atoms with Crippen molar-refractivity contribution in [1.29, 1.82) is 0 Å². The molecule has 0 aromatic heterocycles. The van der Waals surface area contributed by atoms with Gasteiger partial charge in [-0.05, 0) is 44.0 Å². The van der Waals surface area contributed by atoms with Crippen molar-refractivity contribution in [3.8, 4) is 5.75 Å². The lowest BCUT2D eigenvalue weighted by atomic mass is 10.1. The van der Waals surface area contributed by atoms with Gasteiger partial charge in [0.15, 0.2) is 0 Å². The number of carbonyl (C=O) groups excluding carboxylic acids is 2. The maximum Gasteiger partial charge on any atom is 0.338 e. The monoisotopic (exact) mass is 295 g/mol. The van der Waals surface area contributed by atoms with E-state index in [1.54, 1.807) is 12.1 Å². The van der Waals surface area contributed by atoms with Gasteiger partial charge in [0.2, 0.25) is 0 Å². The van der Waals surface area contributed by atoms with Crippen molar-refractivity contribution in [3.05, 3.63) is 29.3 Å². The molecule has 0 saturated carbocycles. The Labute approximate surface area is 124 Å². The molecule has 1 aromatic carbocycles. The summed E-state index contributed by atoms with van der Waals surface area (Å²) in [5, 5.41) is 0. The van der Waals surface area contributed by atoms with Crippen LogP contribution in [0.3, 0.4) is 0 Å². The fraction of sp³-hybridized carbons (Fsp3) is 0.467. The summed E-state index contributed by atoms with van der Waals surface area (Å²) in [7, 11) is 2.56. The molecule has 0 aliphatic carbocycles. The van der Waals surface area contributed by atoms with Gasteiger partial charge in [0.1, 0.15) is 5.75 Å². The minimum atomic E-state index is -0.534. The van der Waals surface area contributed by atoms with Gasteiger partial charge in [-0.15, -0.1) is 0 Å². The van der Waals surface area contributed by atoms with Crippen LogP contribution in [-0.4, -0.2) is 39.3 Å². The third kappa shape index (κ3) is 5.43. The highest BCUT2D eigenvalue weighted by Gasteiger charge is 2.14. The van der Waals surface area contributed by atoms with Crippen molar-refractivity contribution >= 4 is 11.9 Å². The minimum absolute atomic E-state index is 0.248. The number of hydrogen-bond acceptors (Lipinski definition) is 6. The van der Waals surface area contributed by atoms with Gasteiger partial charge in [0.25, 0.3) is 0 Å². The van der Waals surface area contributed by atoms with E-state index in [-0.39, 0.29) is 11.1 Å². The molecule has 0 unspecified atom stereocenters. The summed E-state index contributed by atoms with van der Waals surface area (Å²) in [5.74, 6) is -0.631. The third-order valence-electron chi connectivity index (χ3n) is 2.87. The van der Waals surface area contributed by atoms with Gasteiger partial charge < -0.3 is 19.9 Å². The van der Waals surface area contributed by atoms with Gasteiger partial charge in [-0.25, -0.2) is 9.59 Å². The highest BCUT2D eigenvalue weighted by molar-refractivity contribution is 5.96. The third-order valence-corrected chi connectivity index (χ3v) is 2.87. The smallest absolute Gasteiger partial charge is 0.338 e. The fourth-order valence-electron chi connectivity index (χ4n) is 1.77. The molecular formula is C15H21NO5. The molecule has 1 rings (SSSR count). The summed E-state index contributed by atoms with van der Waals surface area (Å²) in [4.78, 5) is 23.2. The molecule has 0 aliphatic rings. The number of carbonyl (C=O) groups is 2. The first kappa shape index (κ1) is 17.0. The number of rotatable bonds is 8. The Morgan fingerprint density at radius 3 is 2.00 bits per heavy atom. The van der Waals surface area contributed by atoms with E-state index in [9.17, 15) is 9.59 Å². The van der Waals surface area contributed by atoms with E-state index in [0.29, 0.717) is 18.9 Å². The molecule has 0 heterocycles. The van der Waals surface area contributed by atoms with E-state index < -0.39 is 11.9 Å². The first-order chi connectivity index (χ1) is 10.1. The Morgan fingerprint density at radius 2 is 1.52 bits per heavy atom. The molecule has 6 nitrogen and oxygen atoms in total. The first-order valence-electron chi connectivity index (χ1n) is 6.77. The molecule has 0 saturated heterocycles. The number of ether oxygens (including phenoxy) is 3. The highest BCUT2D eigenvalue weighted by Crippen LogP contribution is 2.19. The fourth-order valence-corrected chi connectivity index (χ4v) is 1.77. The van der Waals surface area contributed by atoms with E-state index in [1.165, 1.54) is 20.3 Å². The lowest BCUT2D eigenvalue weighted by Crippen LogP contribution is -2.08. The average molecular weight is 295 g/mol. The molecule has 0 spiro atoms. The predicted octanol–water partition coefficient (Wildman–Crippen LogP) is 1.77. The summed E-state index contributed by atoms with van der Waals surface area (Å²) < 4.78 is 14.9. The Kier molecular flexibility index (Phi) is 7.25. The maximum atomic E-state index is 11.6. The van der Waals surface area contributed by atoms with Crippen molar-refractivity contribution in [3.63, 3.8) is 0 Å². The topological polar surface area (TPSA) is 87.9 Å². The molecule has 0 aliphatic heterocycles. The van der Waals surface area contributed by atoms with Gasteiger partial charge >= 0.3 is 11.9 Å². The zero-order chi connectivity index (χ0) is 15.7. The molecule has 0 bridgehead atoms. The molecule has 2 N–H and O–H groups in total. The van der Waals surface area contributed by atoms with Crippen LogP contribution in [0.25, 0.3) is 0 Å². The van der Waals surface area contributed by atoms with Crippen LogP contribution in [0.1, 0.15) is 40.0 Å².